The normalized spacial score (nSPS) is 21.3. The first-order chi connectivity index (χ1) is 9.58. The van der Waals surface area contributed by atoms with Crippen LogP contribution in [0.15, 0.2) is 12.1 Å². The average Bonchev–Trinajstić information content (AvgIpc) is 2.79. The van der Waals surface area contributed by atoms with E-state index in [4.69, 9.17) is 16.3 Å². The van der Waals surface area contributed by atoms with Gasteiger partial charge in [0.2, 0.25) is 0 Å². The molecule has 0 bridgehead atoms. The second-order valence-electron chi connectivity index (χ2n) is 5.08. The molecule has 1 saturated heterocycles. The predicted octanol–water partition coefficient (Wildman–Crippen LogP) is 4.43. The van der Waals surface area contributed by atoms with E-state index in [1.807, 2.05) is 29.5 Å². The van der Waals surface area contributed by atoms with Crippen molar-refractivity contribution < 1.29 is 9.13 Å². The average molecular weight is 409 g/mol. The van der Waals surface area contributed by atoms with E-state index in [0.29, 0.717) is 10.2 Å². The van der Waals surface area contributed by atoms with Crippen molar-refractivity contribution in [3.05, 3.63) is 27.3 Å². The minimum atomic E-state index is -0.218. The number of aromatic nitrogens is 2. The maximum absolute atomic E-state index is 13.9. The van der Waals surface area contributed by atoms with Gasteiger partial charge >= 0.3 is 0 Å². The molecule has 0 N–H and O–H groups in total. The van der Waals surface area contributed by atoms with Gasteiger partial charge in [-0.2, -0.15) is 0 Å². The van der Waals surface area contributed by atoms with Gasteiger partial charge in [-0.15, -0.1) is 11.6 Å². The summed E-state index contributed by atoms with van der Waals surface area (Å²) in [5.41, 5.74) is 1.60. The van der Waals surface area contributed by atoms with Crippen molar-refractivity contribution in [2.24, 2.45) is 0 Å². The summed E-state index contributed by atoms with van der Waals surface area (Å²) >= 11 is 8.24. The molecule has 6 heteroatoms. The van der Waals surface area contributed by atoms with Crippen LogP contribution < -0.4 is 0 Å². The Bertz CT molecular complexity index is 638. The second kappa shape index (κ2) is 5.77. The summed E-state index contributed by atoms with van der Waals surface area (Å²) in [6.45, 7) is 3.32. The van der Waals surface area contributed by atoms with Crippen molar-refractivity contribution in [2.75, 3.05) is 13.2 Å². The summed E-state index contributed by atoms with van der Waals surface area (Å²) in [4.78, 5) is 4.59. The Hall–Kier alpha value is -0.400. The zero-order chi connectivity index (χ0) is 14.3. The van der Waals surface area contributed by atoms with Crippen molar-refractivity contribution in [2.45, 2.75) is 31.2 Å². The zero-order valence-electron chi connectivity index (χ0n) is 11.1. The molecule has 0 radical (unpaired) electrons. The van der Waals surface area contributed by atoms with Crippen molar-refractivity contribution >= 4 is 45.2 Å². The van der Waals surface area contributed by atoms with Crippen molar-refractivity contribution in [3.63, 3.8) is 0 Å². The monoisotopic (exact) mass is 408 g/mol. The molecular weight excluding hydrogens is 394 g/mol. The Morgan fingerprint density at radius 1 is 1.55 bits per heavy atom. The molecule has 0 spiro atoms. The quantitative estimate of drug-likeness (QED) is 0.543. The molecule has 1 aromatic carbocycles. The fraction of sp³-hybridized carbons (Fsp3) is 0.500. The minimum absolute atomic E-state index is 0.185. The van der Waals surface area contributed by atoms with Gasteiger partial charge in [0.15, 0.2) is 0 Å². The smallest absolute Gasteiger partial charge is 0.138 e. The number of halogens is 3. The molecular formula is C14H15ClFIN2O. The Morgan fingerprint density at radius 3 is 3.00 bits per heavy atom. The second-order valence-corrected chi connectivity index (χ2v) is 6.90. The number of hydrogen-bond acceptors (Lipinski definition) is 2. The molecule has 0 saturated carbocycles. The standard InChI is InChI=1S/C14H15ClFIN2O/c1-8(15)14-18-12-6-11(17)10(16)5-13(12)19(14)9-3-2-4-20-7-9/h5-6,8-9H,2-4,7H2,1H3. The van der Waals surface area contributed by atoms with E-state index >= 15 is 0 Å². The molecule has 1 aliphatic rings. The third-order valence-electron chi connectivity index (χ3n) is 3.62. The maximum Gasteiger partial charge on any atom is 0.138 e. The van der Waals surface area contributed by atoms with Crippen LogP contribution in [0.25, 0.3) is 11.0 Å². The van der Waals surface area contributed by atoms with Gasteiger partial charge in [0.1, 0.15) is 11.6 Å². The molecule has 1 aromatic heterocycles. The van der Waals surface area contributed by atoms with Gasteiger partial charge in [-0.25, -0.2) is 9.37 Å². The molecule has 108 valence electrons. The summed E-state index contributed by atoms with van der Waals surface area (Å²) < 4.78 is 22.1. The molecule has 3 rings (SSSR count). The molecule has 3 nitrogen and oxygen atoms in total. The Kier molecular flexibility index (Phi) is 4.19. The van der Waals surface area contributed by atoms with Gasteiger partial charge in [-0.1, -0.05) is 0 Å². The van der Waals surface area contributed by atoms with E-state index in [1.54, 1.807) is 12.1 Å². The Balaban J connectivity index is 2.20. The van der Waals surface area contributed by atoms with Crippen LogP contribution >= 0.6 is 34.2 Å². The molecule has 0 aliphatic carbocycles. The van der Waals surface area contributed by atoms with Crippen LogP contribution in [0.5, 0.6) is 0 Å². The van der Waals surface area contributed by atoms with Crippen LogP contribution in [0.4, 0.5) is 4.39 Å². The van der Waals surface area contributed by atoms with E-state index in [0.717, 1.165) is 36.3 Å². The van der Waals surface area contributed by atoms with Gasteiger partial charge in [0.05, 0.1) is 32.6 Å². The van der Waals surface area contributed by atoms with Crippen molar-refractivity contribution in [3.8, 4) is 0 Å². The van der Waals surface area contributed by atoms with Gasteiger partial charge < -0.3 is 9.30 Å². The predicted molar refractivity (Wildman–Crippen MR) is 85.8 cm³/mol. The maximum atomic E-state index is 13.9. The highest BCUT2D eigenvalue weighted by Gasteiger charge is 2.24. The van der Waals surface area contributed by atoms with E-state index in [1.165, 1.54) is 0 Å². The van der Waals surface area contributed by atoms with E-state index < -0.39 is 0 Å². The van der Waals surface area contributed by atoms with Gasteiger partial charge in [0.25, 0.3) is 0 Å². The minimum Gasteiger partial charge on any atom is -0.379 e. The van der Waals surface area contributed by atoms with Crippen LogP contribution in [0.2, 0.25) is 0 Å². The molecule has 20 heavy (non-hydrogen) atoms. The number of hydrogen-bond donors (Lipinski definition) is 0. The fourth-order valence-electron chi connectivity index (χ4n) is 2.70. The lowest BCUT2D eigenvalue weighted by Gasteiger charge is -2.26. The highest BCUT2D eigenvalue weighted by atomic mass is 127. The first-order valence-electron chi connectivity index (χ1n) is 6.66. The molecule has 2 heterocycles. The number of benzene rings is 1. The van der Waals surface area contributed by atoms with Crippen LogP contribution in [0, 0.1) is 9.39 Å². The summed E-state index contributed by atoms with van der Waals surface area (Å²) in [5.74, 6) is 0.573. The lowest BCUT2D eigenvalue weighted by Crippen LogP contribution is -2.23. The van der Waals surface area contributed by atoms with Gasteiger partial charge in [-0.05, 0) is 48.4 Å². The fourth-order valence-corrected chi connectivity index (χ4v) is 3.31. The first-order valence-corrected chi connectivity index (χ1v) is 8.18. The number of fused-ring (bicyclic) bond motifs is 1. The third-order valence-corrected chi connectivity index (χ3v) is 4.64. The lowest BCUT2D eigenvalue weighted by molar-refractivity contribution is 0.0595. The lowest BCUT2D eigenvalue weighted by atomic mass is 10.1. The number of nitrogens with zero attached hydrogens (tertiary/aromatic N) is 2. The van der Waals surface area contributed by atoms with Crippen LogP contribution in [-0.2, 0) is 4.74 Å². The van der Waals surface area contributed by atoms with Crippen molar-refractivity contribution in [1.82, 2.24) is 9.55 Å². The van der Waals surface area contributed by atoms with Crippen LogP contribution in [0.1, 0.15) is 37.0 Å². The highest BCUT2D eigenvalue weighted by Crippen LogP contribution is 2.32. The summed E-state index contributed by atoms with van der Waals surface area (Å²) in [5, 5.41) is -0.218. The number of rotatable bonds is 2. The summed E-state index contributed by atoms with van der Waals surface area (Å²) in [6.07, 6.45) is 2.02. The van der Waals surface area contributed by atoms with Crippen LogP contribution in [0.3, 0.4) is 0 Å². The number of alkyl halides is 1. The summed E-state index contributed by atoms with van der Waals surface area (Å²) in [7, 11) is 0. The number of imidazole rings is 1. The topological polar surface area (TPSA) is 27.1 Å². The molecule has 0 amide bonds. The Morgan fingerprint density at radius 2 is 2.35 bits per heavy atom. The zero-order valence-corrected chi connectivity index (χ0v) is 14.0. The number of ether oxygens (including phenoxy) is 1. The molecule has 2 atom stereocenters. The summed E-state index contributed by atoms with van der Waals surface area (Å²) in [6, 6.07) is 3.51. The molecule has 1 aliphatic heterocycles. The Labute approximate surface area is 135 Å². The third kappa shape index (κ3) is 2.55. The van der Waals surface area contributed by atoms with E-state index in [9.17, 15) is 4.39 Å². The van der Waals surface area contributed by atoms with Crippen molar-refractivity contribution in [1.29, 1.82) is 0 Å². The highest BCUT2D eigenvalue weighted by molar-refractivity contribution is 14.1. The SMILES string of the molecule is CC(Cl)c1nc2cc(I)c(F)cc2n1C1CCCOC1. The molecule has 2 unspecified atom stereocenters. The molecule has 1 fully saturated rings. The molecule has 2 aromatic rings. The first kappa shape index (κ1) is 14.5. The largest absolute Gasteiger partial charge is 0.379 e. The van der Waals surface area contributed by atoms with E-state index in [-0.39, 0.29) is 17.2 Å². The van der Waals surface area contributed by atoms with E-state index in [2.05, 4.69) is 9.55 Å². The van der Waals surface area contributed by atoms with Gasteiger partial charge in [-0.3, -0.25) is 0 Å². The van der Waals surface area contributed by atoms with Crippen LogP contribution in [-0.4, -0.2) is 22.8 Å². The van der Waals surface area contributed by atoms with Gasteiger partial charge in [0, 0.05) is 12.7 Å².